The van der Waals surface area contributed by atoms with Crippen LogP contribution in [0.3, 0.4) is 0 Å². The van der Waals surface area contributed by atoms with Gasteiger partial charge in [0.2, 0.25) is 11.2 Å². The van der Waals surface area contributed by atoms with Crippen LogP contribution in [0.2, 0.25) is 5.28 Å². The Morgan fingerprint density at radius 3 is 2.88 bits per heavy atom. The Morgan fingerprint density at radius 1 is 1.41 bits per heavy atom. The largest absolute Gasteiger partial charge is 0.439 e. The second-order valence-corrected chi connectivity index (χ2v) is 4.50. The van der Waals surface area contributed by atoms with Crippen molar-refractivity contribution in [3.63, 3.8) is 0 Å². The Hall–Kier alpha value is -1.20. The number of nitrogens with zero attached hydrogens (tertiary/aromatic N) is 2. The highest BCUT2D eigenvalue weighted by Gasteiger charge is 2.07. The third-order valence-electron chi connectivity index (χ3n) is 2.00. The molecule has 1 heterocycles. The maximum Gasteiger partial charge on any atom is 0.226 e. The minimum Gasteiger partial charge on any atom is -0.439 e. The first-order valence-electron chi connectivity index (χ1n) is 4.68. The minimum atomic E-state index is -0.352. The SMILES string of the molecule is Cc1cnc(Cl)nc1Oc1ccc(F)c(Br)c1. The van der Waals surface area contributed by atoms with Crippen LogP contribution in [0.5, 0.6) is 11.6 Å². The molecule has 2 rings (SSSR count). The Balaban J connectivity index is 2.31. The second kappa shape index (κ2) is 4.98. The molecule has 0 fully saturated rings. The molecule has 0 aliphatic heterocycles. The molecule has 17 heavy (non-hydrogen) atoms. The summed E-state index contributed by atoms with van der Waals surface area (Å²) in [5.74, 6) is 0.467. The van der Waals surface area contributed by atoms with E-state index in [4.69, 9.17) is 16.3 Å². The van der Waals surface area contributed by atoms with Gasteiger partial charge in [0.15, 0.2) is 0 Å². The number of aryl methyl sites for hydroxylation is 1. The molecular formula is C11H7BrClFN2O. The van der Waals surface area contributed by atoms with Crippen molar-refractivity contribution in [1.29, 1.82) is 0 Å². The van der Waals surface area contributed by atoms with Crippen molar-refractivity contribution >= 4 is 27.5 Å². The Bertz CT molecular complexity index is 565. The molecule has 0 saturated carbocycles. The van der Waals surface area contributed by atoms with Crippen molar-refractivity contribution in [3.05, 3.63) is 45.5 Å². The van der Waals surface area contributed by atoms with E-state index in [0.29, 0.717) is 16.1 Å². The van der Waals surface area contributed by atoms with E-state index in [-0.39, 0.29) is 11.1 Å². The van der Waals surface area contributed by atoms with E-state index in [1.807, 2.05) is 0 Å². The van der Waals surface area contributed by atoms with Crippen molar-refractivity contribution < 1.29 is 9.13 Å². The summed E-state index contributed by atoms with van der Waals surface area (Å²) in [5.41, 5.74) is 0.745. The van der Waals surface area contributed by atoms with Gasteiger partial charge in [-0.2, -0.15) is 4.98 Å². The Kier molecular flexibility index (Phi) is 3.59. The smallest absolute Gasteiger partial charge is 0.226 e. The monoisotopic (exact) mass is 316 g/mol. The molecule has 2 aromatic rings. The molecule has 0 radical (unpaired) electrons. The zero-order valence-electron chi connectivity index (χ0n) is 8.75. The van der Waals surface area contributed by atoms with Gasteiger partial charge in [0, 0.05) is 11.8 Å². The van der Waals surface area contributed by atoms with Crippen molar-refractivity contribution in [2.75, 3.05) is 0 Å². The first-order chi connectivity index (χ1) is 8.06. The van der Waals surface area contributed by atoms with E-state index < -0.39 is 0 Å². The first kappa shape index (κ1) is 12.3. The van der Waals surface area contributed by atoms with Crippen LogP contribution >= 0.6 is 27.5 Å². The quantitative estimate of drug-likeness (QED) is 0.781. The van der Waals surface area contributed by atoms with E-state index in [9.17, 15) is 4.39 Å². The van der Waals surface area contributed by atoms with Crippen LogP contribution in [0.1, 0.15) is 5.56 Å². The van der Waals surface area contributed by atoms with E-state index in [0.717, 1.165) is 5.56 Å². The molecule has 1 aromatic carbocycles. The summed E-state index contributed by atoms with van der Waals surface area (Å²) in [7, 11) is 0. The van der Waals surface area contributed by atoms with E-state index in [1.54, 1.807) is 13.1 Å². The first-order valence-corrected chi connectivity index (χ1v) is 5.85. The summed E-state index contributed by atoms with van der Waals surface area (Å²) >= 11 is 8.75. The number of halogens is 3. The van der Waals surface area contributed by atoms with E-state index >= 15 is 0 Å². The Morgan fingerprint density at radius 2 is 2.18 bits per heavy atom. The molecule has 0 aliphatic carbocycles. The summed E-state index contributed by atoms with van der Waals surface area (Å²) in [6, 6.07) is 4.33. The van der Waals surface area contributed by atoms with Gasteiger partial charge in [0.1, 0.15) is 11.6 Å². The van der Waals surface area contributed by atoms with Gasteiger partial charge in [-0.1, -0.05) is 0 Å². The third-order valence-corrected chi connectivity index (χ3v) is 2.79. The maximum absolute atomic E-state index is 13.0. The summed E-state index contributed by atoms with van der Waals surface area (Å²) in [6.07, 6.45) is 1.56. The third kappa shape index (κ3) is 2.92. The predicted octanol–water partition coefficient (Wildman–Crippen LogP) is 4.13. The normalized spacial score (nSPS) is 10.4. The van der Waals surface area contributed by atoms with Crippen molar-refractivity contribution in [2.24, 2.45) is 0 Å². The molecule has 0 unspecified atom stereocenters. The second-order valence-electron chi connectivity index (χ2n) is 3.31. The fourth-order valence-corrected chi connectivity index (χ4v) is 1.64. The molecule has 0 atom stereocenters. The molecule has 0 saturated heterocycles. The average molecular weight is 318 g/mol. The fourth-order valence-electron chi connectivity index (χ4n) is 1.16. The van der Waals surface area contributed by atoms with Crippen LogP contribution in [0.4, 0.5) is 4.39 Å². The summed E-state index contributed by atoms with van der Waals surface area (Å²) < 4.78 is 18.9. The van der Waals surface area contributed by atoms with E-state index in [2.05, 4.69) is 25.9 Å². The molecule has 0 spiro atoms. The highest BCUT2D eigenvalue weighted by atomic mass is 79.9. The van der Waals surface area contributed by atoms with Gasteiger partial charge in [-0.15, -0.1) is 0 Å². The van der Waals surface area contributed by atoms with Crippen molar-refractivity contribution in [3.8, 4) is 11.6 Å². The zero-order valence-corrected chi connectivity index (χ0v) is 11.1. The van der Waals surface area contributed by atoms with Crippen LogP contribution in [-0.2, 0) is 0 Å². The molecule has 0 amide bonds. The van der Waals surface area contributed by atoms with Crippen molar-refractivity contribution in [1.82, 2.24) is 9.97 Å². The van der Waals surface area contributed by atoms with Crippen LogP contribution in [0.15, 0.2) is 28.9 Å². The fraction of sp³-hybridized carbons (Fsp3) is 0.0909. The summed E-state index contributed by atoms with van der Waals surface area (Å²) in [5, 5.41) is 0.103. The molecule has 6 heteroatoms. The topological polar surface area (TPSA) is 35.0 Å². The van der Waals surface area contributed by atoms with Gasteiger partial charge in [0.05, 0.1) is 4.47 Å². The van der Waals surface area contributed by atoms with Crippen LogP contribution in [0.25, 0.3) is 0 Å². The molecule has 3 nitrogen and oxygen atoms in total. The number of aromatic nitrogens is 2. The molecule has 88 valence electrons. The number of hydrogen-bond donors (Lipinski definition) is 0. The van der Waals surface area contributed by atoms with Gasteiger partial charge < -0.3 is 4.74 Å². The standard InChI is InChI=1S/C11H7BrClFN2O/c1-6-5-15-11(13)16-10(6)17-7-2-3-9(14)8(12)4-7/h2-5H,1H3. The summed E-state index contributed by atoms with van der Waals surface area (Å²) in [4.78, 5) is 7.76. The van der Waals surface area contributed by atoms with E-state index in [1.165, 1.54) is 18.2 Å². The van der Waals surface area contributed by atoms with Crippen LogP contribution < -0.4 is 4.74 Å². The predicted molar refractivity (Wildman–Crippen MR) is 66.0 cm³/mol. The van der Waals surface area contributed by atoms with Gasteiger partial charge in [-0.05, 0) is 52.7 Å². The van der Waals surface area contributed by atoms with Gasteiger partial charge in [0.25, 0.3) is 0 Å². The highest BCUT2D eigenvalue weighted by molar-refractivity contribution is 9.10. The lowest BCUT2D eigenvalue weighted by Crippen LogP contribution is -1.94. The number of ether oxygens (including phenoxy) is 1. The molecule has 0 N–H and O–H groups in total. The molecule has 0 aliphatic rings. The van der Waals surface area contributed by atoms with Gasteiger partial charge >= 0.3 is 0 Å². The lowest BCUT2D eigenvalue weighted by molar-refractivity contribution is 0.455. The lowest BCUT2D eigenvalue weighted by Gasteiger charge is -2.07. The van der Waals surface area contributed by atoms with Gasteiger partial charge in [-0.3, -0.25) is 0 Å². The van der Waals surface area contributed by atoms with Crippen LogP contribution in [0, 0.1) is 12.7 Å². The maximum atomic E-state index is 13.0. The number of hydrogen-bond acceptors (Lipinski definition) is 3. The molecule has 1 aromatic heterocycles. The number of rotatable bonds is 2. The van der Waals surface area contributed by atoms with Crippen LogP contribution in [-0.4, -0.2) is 9.97 Å². The average Bonchev–Trinajstić information content (AvgIpc) is 2.29. The molecule has 0 bridgehead atoms. The zero-order chi connectivity index (χ0) is 12.4. The summed E-state index contributed by atoms with van der Waals surface area (Å²) in [6.45, 7) is 1.80. The van der Waals surface area contributed by atoms with Gasteiger partial charge in [-0.25, -0.2) is 9.37 Å². The van der Waals surface area contributed by atoms with Crippen molar-refractivity contribution in [2.45, 2.75) is 6.92 Å². The Labute approximate surface area is 111 Å². The molecular weight excluding hydrogens is 310 g/mol. The number of benzene rings is 1. The highest BCUT2D eigenvalue weighted by Crippen LogP contribution is 2.27. The lowest BCUT2D eigenvalue weighted by atomic mass is 10.3. The minimum absolute atomic E-state index is 0.103.